The fraction of sp³-hybridized carbons (Fsp3) is 0.444. The van der Waals surface area contributed by atoms with E-state index in [1.807, 2.05) is 5.38 Å². The van der Waals surface area contributed by atoms with Crippen molar-refractivity contribution in [3.8, 4) is 0 Å². The highest BCUT2D eigenvalue weighted by Gasteiger charge is 2.11. The lowest BCUT2D eigenvalue weighted by Crippen LogP contribution is -2.30. The maximum atomic E-state index is 10.4. The number of nitrogens with one attached hydrogen (secondary N) is 1. The summed E-state index contributed by atoms with van der Waals surface area (Å²) in [6.45, 7) is 0. The highest BCUT2D eigenvalue weighted by Crippen LogP contribution is 2.10. The van der Waals surface area contributed by atoms with Gasteiger partial charge in [0.25, 0.3) is 0 Å². The summed E-state index contributed by atoms with van der Waals surface area (Å²) in [5.74, 6) is -0.855. The molecule has 0 aliphatic heterocycles. The molecule has 15 heavy (non-hydrogen) atoms. The fourth-order valence-electron chi connectivity index (χ4n) is 1.20. The normalized spacial score (nSPS) is 12.0. The van der Waals surface area contributed by atoms with E-state index < -0.39 is 5.97 Å². The Kier molecular flexibility index (Phi) is 4.76. The first kappa shape index (κ1) is 11.6. The van der Waals surface area contributed by atoms with Crippen molar-refractivity contribution in [1.82, 2.24) is 10.3 Å². The van der Waals surface area contributed by atoms with Crippen molar-refractivity contribution in [2.45, 2.75) is 25.3 Å². The van der Waals surface area contributed by atoms with E-state index in [1.165, 1.54) is 11.3 Å². The Labute approximate surface area is 91.1 Å². The summed E-state index contributed by atoms with van der Waals surface area (Å²) in [6, 6.07) is -0.148. The van der Waals surface area contributed by atoms with Gasteiger partial charge in [-0.05, 0) is 6.42 Å². The molecule has 1 rings (SSSR count). The van der Waals surface area contributed by atoms with E-state index in [0.717, 1.165) is 5.01 Å². The molecule has 1 aromatic rings. The molecule has 0 spiro atoms. The maximum absolute atomic E-state index is 10.4. The lowest BCUT2D eigenvalue weighted by atomic mass is 10.1. The van der Waals surface area contributed by atoms with E-state index >= 15 is 0 Å². The number of nitrogens with zero attached hydrogens (tertiary/aromatic N) is 1. The monoisotopic (exact) mass is 228 g/mol. The van der Waals surface area contributed by atoms with Crippen molar-refractivity contribution in [2.24, 2.45) is 0 Å². The second-order valence-electron chi connectivity index (χ2n) is 3.04. The van der Waals surface area contributed by atoms with Gasteiger partial charge in [-0.1, -0.05) is 0 Å². The summed E-state index contributed by atoms with van der Waals surface area (Å²) in [5, 5.41) is 13.9. The Morgan fingerprint density at radius 3 is 3.07 bits per heavy atom. The summed E-state index contributed by atoms with van der Waals surface area (Å²) < 4.78 is 0. The number of aromatic nitrogens is 1. The molecule has 0 bridgehead atoms. The average Bonchev–Trinajstić information content (AvgIpc) is 2.67. The van der Waals surface area contributed by atoms with Gasteiger partial charge < -0.3 is 10.4 Å². The SMILES string of the molecule is O=CNC(CCC(=O)O)Cc1nccs1. The zero-order valence-electron chi connectivity index (χ0n) is 8.05. The minimum atomic E-state index is -0.855. The van der Waals surface area contributed by atoms with Gasteiger partial charge in [0.2, 0.25) is 6.41 Å². The Morgan fingerprint density at radius 1 is 1.73 bits per heavy atom. The van der Waals surface area contributed by atoms with Gasteiger partial charge in [-0.15, -0.1) is 11.3 Å². The van der Waals surface area contributed by atoms with Crippen molar-refractivity contribution in [1.29, 1.82) is 0 Å². The molecule has 0 fully saturated rings. The van der Waals surface area contributed by atoms with Gasteiger partial charge in [0.05, 0.1) is 5.01 Å². The number of carboxylic acids is 1. The number of amides is 1. The van der Waals surface area contributed by atoms with Crippen molar-refractivity contribution in [2.75, 3.05) is 0 Å². The topological polar surface area (TPSA) is 79.3 Å². The smallest absolute Gasteiger partial charge is 0.303 e. The van der Waals surface area contributed by atoms with Crippen LogP contribution >= 0.6 is 11.3 Å². The lowest BCUT2D eigenvalue weighted by Gasteiger charge is -2.12. The van der Waals surface area contributed by atoms with Gasteiger partial charge in [0.1, 0.15) is 0 Å². The number of thiazole rings is 1. The van der Waals surface area contributed by atoms with Gasteiger partial charge in [-0.25, -0.2) is 4.98 Å². The molecule has 1 heterocycles. The third-order valence-electron chi connectivity index (χ3n) is 1.91. The Balaban J connectivity index is 2.42. The summed E-state index contributed by atoms with van der Waals surface area (Å²) in [6.07, 6.45) is 3.35. The molecule has 0 aliphatic carbocycles. The number of carbonyl (C=O) groups is 2. The molecule has 1 unspecified atom stereocenters. The molecule has 1 atom stereocenters. The van der Waals surface area contributed by atoms with Crippen LogP contribution in [-0.4, -0.2) is 28.5 Å². The van der Waals surface area contributed by atoms with Gasteiger partial charge >= 0.3 is 5.97 Å². The molecule has 0 radical (unpaired) electrons. The van der Waals surface area contributed by atoms with Crippen LogP contribution in [0.4, 0.5) is 0 Å². The van der Waals surface area contributed by atoms with Crippen LogP contribution in [-0.2, 0) is 16.0 Å². The fourth-order valence-corrected chi connectivity index (χ4v) is 1.90. The predicted molar refractivity (Wildman–Crippen MR) is 55.7 cm³/mol. The average molecular weight is 228 g/mol. The standard InChI is InChI=1S/C9H12N2O3S/c12-6-11-7(1-2-9(13)14)5-8-10-3-4-15-8/h3-4,6-7H,1-2,5H2,(H,11,12)(H,13,14). The van der Waals surface area contributed by atoms with Crippen molar-refractivity contribution >= 4 is 23.7 Å². The largest absolute Gasteiger partial charge is 0.481 e. The van der Waals surface area contributed by atoms with E-state index in [0.29, 0.717) is 19.3 Å². The van der Waals surface area contributed by atoms with Gasteiger partial charge in [-0.3, -0.25) is 9.59 Å². The minimum Gasteiger partial charge on any atom is -0.481 e. The van der Waals surface area contributed by atoms with E-state index in [-0.39, 0.29) is 12.5 Å². The van der Waals surface area contributed by atoms with Crippen LogP contribution in [0.2, 0.25) is 0 Å². The Morgan fingerprint density at radius 2 is 2.53 bits per heavy atom. The summed E-state index contributed by atoms with van der Waals surface area (Å²) in [4.78, 5) is 24.8. The minimum absolute atomic E-state index is 0.0525. The summed E-state index contributed by atoms with van der Waals surface area (Å²) in [7, 11) is 0. The molecule has 0 saturated heterocycles. The van der Waals surface area contributed by atoms with E-state index in [2.05, 4.69) is 10.3 Å². The number of carbonyl (C=O) groups excluding carboxylic acids is 1. The molecular weight excluding hydrogens is 216 g/mol. The molecule has 0 aliphatic rings. The van der Waals surface area contributed by atoms with Crippen LogP contribution in [0.5, 0.6) is 0 Å². The van der Waals surface area contributed by atoms with Crippen molar-refractivity contribution < 1.29 is 14.7 Å². The molecule has 6 heteroatoms. The zero-order valence-corrected chi connectivity index (χ0v) is 8.87. The quantitative estimate of drug-likeness (QED) is 0.672. The van der Waals surface area contributed by atoms with Crippen LogP contribution in [0.1, 0.15) is 17.8 Å². The molecule has 82 valence electrons. The number of rotatable bonds is 7. The van der Waals surface area contributed by atoms with Crippen LogP contribution < -0.4 is 5.32 Å². The van der Waals surface area contributed by atoms with Crippen molar-refractivity contribution in [3.05, 3.63) is 16.6 Å². The Bertz CT molecular complexity index is 313. The number of hydrogen-bond donors (Lipinski definition) is 2. The summed E-state index contributed by atoms with van der Waals surface area (Å²) in [5.41, 5.74) is 0. The van der Waals surface area contributed by atoms with Crippen LogP contribution in [0, 0.1) is 0 Å². The molecule has 1 amide bonds. The van der Waals surface area contributed by atoms with E-state index in [4.69, 9.17) is 5.11 Å². The third kappa shape index (κ3) is 4.55. The number of aliphatic carboxylic acids is 1. The predicted octanol–water partition coefficient (Wildman–Crippen LogP) is 0.665. The molecule has 2 N–H and O–H groups in total. The zero-order chi connectivity index (χ0) is 11.1. The first-order valence-electron chi connectivity index (χ1n) is 4.52. The molecule has 5 nitrogen and oxygen atoms in total. The second-order valence-corrected chi connectivity index (χ2v) is 4.02. The Hall–Kier alpha value is -1.43. The summed E-state index contributed by atoms with van der Waals surface area (Å²) >= 11 is 1.50. The first-order valence-corrected chi connectivity index (χ1v) is 5.40. The molecule has 0 saturated carbocycles. The van der Waals surface area contributed by atoms with E-state index in [9.17, 15) is 9.59 Å². The molecule has 0 aromatic carbocycles. The molecule has 1 aromatic heterocycles. The molecular formula is C9H12N2O3S. The first-order chi connectivity index (χ1) is 7.22. The van der Waals surface area contributed by atoms with Crippen LogP contribution in [0.25, 0.3) is 0 Å². The lowest BCUT2D eigenvalue weighted by molar-refractivity contribution is -0.137. The maximum Gasteiger partial charge on any atom is 0.303 e. The highest BCUT2D eigenvalue weighted by molar-refractivity contribution is 7.09. The van der Waals surface area contributed by atoms with Gasteiger partial charge in [0, 0.05) is 30.5 Å². The van der Waals surface area contributed by atoms with E-state index in [1.54, 1.807) is 6.20 Å². The van der Waals surface area contributed by atoms with Crippen LogP contribution in [0.15, 0.2) is 11.6 Å². The van der Waals surface area contributed by atoms with Crippen LogP contribution in [0.3, 0.4) is 0 Å². The van der Waals surface area contributed by atoms with Crippen molar-refractivity contribution in [3.63, 3.8) is 0 Å². The second kappa shape index (κ2) is 6.13. The number of carboxylic acid groups (broad SMARTS) is 1. The highest BCUT2D eigenvalue weighted by atomic mass is 32.1. The number of hydrogen-bond acceptors (Lipinski definition) is 4. The van der Waals surface area contributed by atoms with Gasteiger partial charge in [0.15, 0.2) is 0 Å². The third-order valence-corrected chi connectivity index (χ3v) is 2.72. The van der Waals surface area contributed by atoms with Gasteiger partial charge in [-0.2, -0.15) is 0 Å².